The fourth-order valence-corrected chi connectivity index (χ4v) is 7.61. The first-order valence-electron chi connectivity index (χ1n) is 15.3. The van der Waals surface area contributed by atoms with E-state index in [1.165, 1.54) is 7.11 Å². The van der Waals surface area contributed by atoms with E-state index in [0.717, 1.165) is 67.6 Å². The Bertz CT molecular complexity index is 2060. The summed E-state index contributed by atoms with van der Waals surface area (Å²) in [7, 11) is 1.35. The van der Waals surface area contributed by atoms with Gasteiger partial charge in [-0.15, -0.1) is 0 Å². The fourth-order valence-electron chi connectivity index (χ4n) is 7.61. The van der Waals surface area contributed by atoms with Gasteiger partial charge < -0.3 is 14.7 Å². The number of carbonyl (C=O) groups is 1. The Morgan fingerprint density at radius 2 is 1.56 bits per heavy atom. The molecule has 2 aromatic rings. The van der Waals surface area contributed by atoms with Crippen molar-refractivity contribution in [2.24, 2.45) is 39.1 Å². The zero-order chi connectivity index (χ0) is 32.6. The SMILES string of the molecule is COC(=O)[C@@H]1[C@@H](C#N)[C@H]2C[C@@H]1C1=C2C(C#N)=N/C1=C\c1[nH]c(C=c2[nH]c(=CC3=NC(C)(C#N)C(C)(C)C3)c(C)c2C)c(C)c1C. The molecular weight excluding hydrogens is 562 g/mol. The van der Waals surface area contributed by atoms with Crippen molar-refractivity contribution in [1.29, 1.82) is 15.8 Å². The summed E-state index contributed by atoms with van der Waals surface area (Å²) in [5.74, 6) is -1.86. The van der Waals surface area contributed by atoms with Crippen molar-refractivity contribution in [2.45, 2.75) is 66.8 Å². The van der Waals surface area contributed by atoms with Gasteiger partial charge in [-0.2, -0.15) is 15.8 Å². The molecule has 1 saturated carbocycles. The van der Waals surface area contributed by atoms with E-state index < -0.39 is 17.4 Å². The number of carbonyl (C=O) groups excluding carboxylic acids is 1. The maximum Gasteiger partial charge on any atom is 0.310 e. The molecule has 5 atom stereocenters. The number of ether oxygens (including phenoxy) is 1. The first-order valence-corrected chi connectivity index (χ1v) is 15.3. The lowest BCUT2D eigenvalue weighted by atomic mass is 9.74. The standard InChI is InChI=1S/C36H37N7O2/c1-17-18(2)26(40-25(17)9-21-13-35(5,6)36(7,16-39)43-21)11-27-19(3)20(4)28(41-27)12-29-33-23-10-22(32(33)30(15-38)42-29)24(14-37)31(23)34(44)45-8/h9,11-12,22-24,31,40-41H,10,13H2,1-8H3/b25-9?,26-11?,29-12-/t22-,23+,24+,31+,36?/m1/s1. The summed E-state index contributed by atoms with van der Waals surface area (Å²) in [6.45, 7) is 14.4. The molecule has 1 fully saturated rings. The second-order valence-electron chi connectivity index (χ2n) is 13.6. The first kappa shape index (κ1) is 30.1. The lowest BCUT2D eigenvalue weighted by Gasteiger charge is -2.29. The van der Waals surface area contributed by atoms with Crippen molar-refractivity contribution in [3.05, 3.63) is 61.2 Å². The van der Waals surface area contributed by atoms with Crippen LogP contribution >= 0.6 is 0 Å². The van der Waals surface area contributed by atoms with Crippen molar-refractivity contribution in [2.75, 3.05) is 7.11 Å². The summed E-state index contributed by atoms with van der Waals surface area (Å²) in [5, 5.41) is 31.5. The number of rotatable bonds is 4. The zero-order valence-electron chi connectivity index (χ0n) is 27.0. The molecule has 2 bridgehead atoms. The lowest BCUT2D eigenvalue weighted by molar-refractivity contribution is -0.147. The molecule has 6 rings (SSSR count). The molecule has 0 aromatic carbocycles. The molecule has 0 spiro atoms. The molecule has 2 aliphatic heterocycles. The minimum absolute atomic E-state index is 0.196. The number of aliphatic imine (C=N–C) groups is 2. The van der Waals surface area contributed by atoms with Crippen LogP contribution in [0.5, 0.6) is 0 Å². The predicted octanol–water partition coefficient (Wildman–Crippen LogP) is 4.53. The van der Waals surface area contributed by atoms with Gasteiger partial charge in [-0.25, -0.2) is 4.99 Å². The number of nitriles is 3. The van der Waals surface area contributed by atoms with Gasteiger partial charge in [0.15, 0.2) is 0 Å². The number of esters is 1. The highest BCUT2D eigenvalue weighted by Crippen LogP contribution is 2.59. The minimum atomic E-state index is -0.753. The van der Waals surface area contributed by atoms with Crippen LogP contribution in [-0.4, -0.2) is 40.0 Å². The number of fused-ring (bicyclic) bond motifs is 4. The van der Waals surface area contributed by atoms with Crippen LogP contribution in [0.2, 0.25) is 0 Å². The molecule has 2 aliphatic carbocycles. The normalized spacial score (nSPS) is 29.5. The van der Waals surface area contributed by atoms with Gasteiger partial charge in [0.25, 0.3) is 0 Å². The zero-order valence-corrected chi connectivity index (χ0v) is 27.0. The highest BCUT2D eigenvalue weighted by molar-refractivity contribution is 6.16. The Kier molecular flexibility index (Phi) is 6.90. The summed E-state index contributed by atoms with van der Waals surface area (Å²) in [4.78, 5) is 29.3. The molecule has 2 aromatic heterocycles. The van der Waals surface area contributed by atoms with Crippen LogP contribution in [0.1, 0.15) is 67.3 Å². The maximum absolute atomic E-state index is 12.7. The molecule has 0 radical (unpaired) electrons. The quantitative estimate of drug-likeness (QED) is 0.494. The third-order valence-corrected chi connectivity index (χ3v) is 11.0. The molecule has 4 heterocycles. The van der Waals surface area contributed by atoms with Crippen LogP contribution in [0.4, 0.5) is 0 Å². The van der Waals surface area contributed by atoms with Gasteiger partial charge in [0, 0.05) is 45.0 Å². The molecule has 9 heteroatoms. The maximum atomic E-state index is 12.7. The Morgan fingerprint density at radius 3 is 2.13 bits per heavy atom. The monoisotopic (exact) mass is 599 g/mol. The molecular formula is C36H37N7O2. The average molecular weight is 600 g/mol. The van der Waals surface area contributed by atoms with Crippen LogP contribution in [0.25, 0.3) is 18.2 Å². The van der Waals surface area contributed by atoms with Crippen LogP contribution in [0.3, 0.4) is 0 Å². The van der Waals surface area contributed by atoms with E-state index in [9.17, 15) is 20.6 Å². The molecule has 2 N–H and O–H groups in total. The minimum Gasteiger partial charge on any atom is -0.469 e. The Hall–Kier alpha value is -4.94. The summed E-state index contributed by atoms with van der Waals surface area (Å²) in [5.41, 5.74) is 8.89. The highest BCUT2D eigenvalue weighted by Gasteiger charge is 2.59. The van der Waals surface area contributed by atoms with Gasteiger partial charge >= 0.3 is 5.97 Å². The van der Waals surface area contributed by atoms with Crippen LogP contribution in [0.15, 0.2) is 26.8 Å². The predicted molar refractivity (Wildman–Crippen MR) is 172 cm³/mol. The Labute approximate surface area is 263 Å². The van der Waals surface area contributed by atoms with Gasteiger partial charge in [0.05, 0.1) is 36.8 Å². The van der Waals surface area contributed by atoms with Crippen LogP contribution < -0.4 is 10.7 Å². The van der Waals surface area contributed by atoms with E-state index >= 15 is 0 Å². The first-order chi connectivity index (χ1) is 21.3. The number of hydrogen-bond acceptors (Lipinski definition) is 7. The number of allylic oxidation sites excluding steroid dienone is 2. The molecule has 0 amide bonds. The van der Waals surface area contributed by atoms with E-state index in [1.54, 1.807) is 0 Å². The van der Waals surface area contributed by atoms with E-state index in [0.29, 0.717) is 17.8 Å². The van der Waals surface area contributed by atoms with Crippen LogP contribution in [0, 0.1) is 90.8 Å². The van der Waals surface area contributed by atoms with E-state index in [2.05, 4.69) is 81.9 Å². The summed E-state index contributed by atoms with van der Waals surface area (Å²) in [6, 6.07) is 6.94. The topological polar surface area (TPSA) is 154 Å². The van der Waals surface area contributed by atoms with Crippen molar-refractivity contribution in [1.82, 2.24) is 9.97 Å². The lowest BCUT2D eigenvalue weighted by Crippen LogP contribution is -2.34. The van der Waals surface area contributed by atoms with Crippen LogP contribution in [-0.2, 0) is 9.53 Å². The van der Waals surface area contributed by atoms with Gasteiger partial charge in [-0.05, 0) is 99.1 Å². The number of hydrogen-bond donors (Lipinski definition) is 2. The van der Waals surface area contributed by atoms with E-state index in [-0.39, 0.29) is 23.2 Å². The molecule has 0 saturated heterocycles. The summed E-state index contributed by atoms with van der Waals surface area (Å²) >= 11 is 0. The highest BCUT2D eigenvalue weighted by atomic mass is 16.5. The van der Waals surface area contributed by atoms with Gasteiger partial charge in [0.1, 0.15) is 17.3 Å². The summed E-state index contributed by atoms with van der Waals surface area (Å²) < 4.78 is 5.08. The number of nitrogens with one attached hydrogen (secondary N) is 2. The van der Waals surface area contributed by atoms with E-state index in [4.69, 9.17) is 14.7 Å². The van der Waals surface area contributed by atoms with Crippen molar-refractivity contribution < 1.29 is 9.53 Å². The number of aromatic nitrogens is 2. The molecule has 1 unspecified atom stereocenters. The number of H-pyrrole nitrogens is 2. The number of aromatic amines is 2. The number of methoxy groups -OCH3 is 1. The molecule has 4 aliphatic rings. The average Bonchev–Trinajstić information content (AvgIpc) is 3.82. The van der Waals surface area contributed by atoms with Crippen molar-refractivity contribution in [3.8, 4) is 18.2 Å². The smallest absolute Gasteiger partial charge is 0.310 e. The van der Waals surface area contributed by atoms with Gasteiger partial charge in [-0.3, -0.25) is 9.79 Å². The third-order valence-electron chi connectivity index (χ3n) is 11.0. The Morgan fingerprint density at radius 1 is 0.911 bits per heavy atom. The molecule has 228 valence electrons. The third kappa shape index (κ3) is 4.35. The van der Waals surface area contributed by atoms with Gasteiger partial charge in [-0.1, -0.05) is 13.8 Å². The van der Waals surface area contributed by atoms with E-state index in [1.807, 2.05) is 13.0 Å². The number of nitrogens with zero attached hydrogens (tertiary/aromatic N) is 5. The second kappa shape index (κ2) is 10.3. The van der Waals surface area contributed by atoms with Crippen molar-refractivity contribution >= 4 is 35.6 Å². The molecule has 45 heavy (non-hydrogen) atoms. The Balaban J connectivity index is 1.39. The second-order valence-corrected chi connectivity index (χ2v) is 13.6. The fraction of sp³-hybridized carbons (Fsp3) is 0.444. The largest absolute Gasteiger partial charge is 0.469 e. The molecule has 9 nitrogen and oxygen atoms in total. The van der Waals surface area contributed by atoms with Crippen molar-refractivity contribution in [3.63, 3.8) is 0 Å². The summed E-state index contributed by atoms with van der Waals surface area (Å²) in [6.07, 6.45) is 7.51. The van der Waals surface area contributed by atoms with Gasteiger partial charge in [0.2, 0.25) is 0 Å².